The van der Waals surface area contributed by atoms with Crippen LogP contribution >= 0.6 is 11.3 Å². The Hall–Kier alpha value is -2.34. The van der Waals surface area contributed by atoms with Crippen molar-refractivity contribution in [1.29, 1.82) is 0 Å². The average Bonchev–Trinajstić information content (AvgIpc) is 3.42. The highest BCUT2D eigenvalue weighted by molar-refractivity contribution is 7.89. The molecule has 0 radical (unpaired) electrons. The molecule has 0 amide bonds. The van der Waals surface area contributed by atoms with Crippen molar-refractivity contribution in [3.05, 3.63) is 47.5 Å². The van der Waals surface area contributed by atoms with E-state index in [0.29, 0.717) is 18.1 Å². The first-order valence-corrected chi connectivity index (χ1v) is 12.5. The third-order valence-electron chi connectivity index (χ3n) is 4.98. The number of morpholine rings is 1. The molecule has 0 bridgehead atoms. The number of anilines is 2. The fourth-order valence-corrected chi connectivity index (χ4v) is 5.57. The molecule has 0 aliphatic carbocycles. The second-order valence-electron chi connectivity index (χ2n) is 7.41. The second kappa shape index (κ2) is 9.43. The first-order valence-electron chi connectivity index (χ1n) is 10.2. The van der Waals surface area contributed by atoms with Crippen LogP contribution in [0.1, 0.15) is 36.4 Å². The number of sulfonamides is 1. The standard InChI is InChI=1S/C20H26N6O3S2/c1-3-4-6-15-11-21-20(30-15)24-18-8-5-7-16(23-18)17-12-26(9-10-29-17)31(27,28)19-13-25(2)14-22-19/h5,7-8,11,13-14,17H,3-4,6,9-10,12H2,1-2H3,(H,21,23,24). The summed E-state index contributed by atoms with van der Waals surface area (Å²) in [4.78, 5) is 14.3. The molecule has 1 fully saturated rings. The lowest BCUT2D eigenvalue weighted by molar-refractivity contribution is -0.00492. The molecular formula is C20H26N6O3S2. The number of rotatable bonds is 8. The van der Waals surface area contributed by atoms with E-state index in [9.17, 15) is 8.42 Å². The van der Waals surface area contributed by atoms with Gasteiger partial charge in [-0.05, 0) is 25.0 Å². The smallest absolute Gasteiger partial charge is 0.262 e. The van der Waals surface area contributed by atoms with Crippen LogP contribution in [0.4, 0.5) is 10.9 Å². The van der Waals surface area contributed by atoms with Gasteiger partial charge in [0.25, 0.3) is 10.0 Å². The Morgan fingerprint density at radius 1 is 1.32 bits per heavy atom. The zero-order valence-electron chi connectivity index (χ0n) is 17.6. The van der Waals surface area contributed by atoms with Gasteiger partial charge < -0.3 is 14.6 Å². The predicted octanol–water partition coefficient (Wildman–Crippen LogP) is 3.12. The lowest BCUT2D eigenvalue weighted by atomic mass is 10.2. The molecule has 1 aliphatic rings. The van der Waals surface area contributed by atoms with Gasteiger partial charge in [-0.2, -0.15) is 4.31 Å². The number of unbranched alkanes of at least 4 members (excludes halogenated alkanes) is 1. The maximum Gasteiger partial charge on any atom is 0.262 e. The Balaban J connectivity index is 1.46. The first kappa shape index (κ1) is 21.9. The van der Waals surface area contributed by atoms with E-state index in [4.69, 9.17) is 4.74 Å². The van der Waals surface area contributed by atoms with Gasteiger partial charge in [0.2, 0.25) is 0 Å². The van der Waals surface area contributed by atoms with Gasteiger partial charge in [0.1, 0.15) is 11.9 Å². The largest absolute Gasteiger partial charge is 0.369 e. The SMILES string of the molecule is CCCCc1cnc(Nc2cccc(C3CN(S(=O)(=O)c4cn(C)cn4)CCO3)n2)s1. The van der Waals surface area contributed by atoms with E-state index >= 15 is 0 Å². The van der Waals surface area contributed by atoms with E-state index in [2.05, 4.69) is 27.2 Å². The van der Waals surface area contributed by atoms with Crippen molar-refractivity contribution < 1.29 is 13.2 Å². The highest BCUT2D eigenvalue weighted by Crippen LogP contribution is 2.27. The van der Waals surface area contributed by atoms with Crippen molar-refractivity contribution in [2.45, 2.75) is 37.3 Å². The van der Waals surface area contributed by atoms with Crippen LogP contribution in [-0.2, 0) is 28.2 Å². The van der Waals surface area contributed by atoms with Gasteiger partial charge in [-0.1, -0.05) is 19.4 Å². The zero-order valence-corrected chi connectivity index (χ0v) is 19.2. The van der Waals surface area contributed by atoms with Crippen molar-refractivity contribution in [2.24, 2.45) is 7.05 Å². The molecule has 9 nitrogen and oxygen atoms in total. The van der Waals surface area contributed by atoms with Crippen molar-refractivity contribution >= 4 is 32.3 Å². The summed E-state index contributed by atoms with van der Waals surface area (Å²) in [6, 6.07) is 5.59. The van der Waals surface area contributed by atoms with E-state index < -0.39 is 16.1 Å². The first-order chi connectivity index (χ1) is 15.0. The molecule has 0 spiro atoms. The van der Waals surface area contributed by atoms with Crippen LogP contribution in [0.25, 0.3) is 0 Å². The molecule has 4 rings (SSSR count). The van der Waals surface area contributed by atoms with E-state index in [1.807, 2.05) is 24.4 Å². The van der Waals surface area contributed by atoms with E-state index in [-0.39, 0.29) is 18.1 Å². The van der Waals surface area contributed by atoms with Crippen LogP contribution in [0.2, 0.25) is 0 Å². The number of thiazole rings is 1. The lowest BCUT2D eigenvalue weighted by Crippen LogP contribution is -2.42. The number of nitrogens with zero attached hydrogens (tertiary/aromatic N) is 5. The summed E-state index contributed by atoms with van der Waals surface area (Å²) in [5.41, 5.74) is 0.675. The molecule has 0 aromatic carbocycles. The molecule has 3 aromatic heterocycles. The molecule has 11 heteroatoms. The third-order valence-corrected chi connectivity index (χ3v) is 7.70. The summed E-state index contributed by atoms with van der Waals surface area (Å²) in [6.45, 7) is 2.94. The molecule has 166 valence electrons. The molecule has 1 aliphatic heterocycles. The predicted molar refractivity (Wildman–Crippen MR) is 119 cm³/mol. The minimum atomic E-state index is -3.68. The van der Waals surface area contributed by atoms with Gasteiger partial charge in [0, 0.05) is 37.4 Å². The number of aromatic nitrogens is 4. The van der Waals surface area contributed by atoms with E-state index in [0.717, 1.165) is 24.4 Å². The third kappa shape index (κ3) is 5.12. The molecule has 1 atom stereocenters. The van der Waals surface area contributed by atoms with Crippen LogP contribution in [0.5, 0.6) is 0 Å². The van der Waals surface area contributed by atoms with Gasteiger partial charge in [0.05, 0.1) is 18.6 Å². The molecule has 1 saturated heterocycles. The molecule has 4 heterocycles. The minimum Gasteiger partial charge on any atom is -0.369 e. The summed E-state index contributed by atoms with van der Waals surface area (Å²) < 4.78 is 34.7. The number of ether oxygens (including phenoxy) is 1. The second-order valence-corrected chi connectivity index (χ2v) is 10.4. The Bertz CT molecular complexity index is 1130. The Kier molecular flexibility index (Phi) is 6.65. The van der Waals surface area contributed by atoms with Crippen molar-refractivity contribution in [3.8, 4) is 0 Å². The monoisotopic (exact) mass is 462 g/mol. The Labute approximate surface area is 186 Å². The molecule has 3 aromatic rings. The van der Waals surface area contributed by atoms with Crippen LogP contribution < -0.4 is 5.32 Å². The molecule has 1 unspecified atom stereocenters. The summed E-state index contributed by atoms with van der Waals surface area (Å²) in [7, 11) is -1.93. The topological polar surface area (TPSA) is 102 Å². The fourth-order valence-electron chi connectivity index (χ4n) is 3.32. The fraction of sp³-hybridized carbons (Fsp3) is 0.450. The maximum atomic E-state index is 12.9. The van der Waals surface area contributed by atoms with Crippen LogP contribution in [0.3, 0.4) is 0 Å². The van der Waals surface area contributed by atoms with Gasteiger partial charge in [-0.3, -0.25) is 0 Å². The number of nitrogens with one attached hydrogen (secondary N) is 1. The summed E-state index contributed by atoms with van der Waals surface area (Å²) in [5.74, 6) is 0.655. The number of hydrogen-bond acceptors (Lipinski definition) is 8. The van der Waals surface area contributed by atoms with Crippen molar-refractivity contribution in [3.63, 3.8) is 0 Å². The van der Waals surface area contributed by atoms with Crippen LogP contribution in [0, 0.1) is 0 Å². The van der Waals surface area contributed by atoms with E-state index in [1.54, 1.807) is 23.0 Å². The van der Waals surface area contributed by atoms with Crippen molar-refractivity contribution in [2.75, 3.05) is 25.0 Å². The Morgan fingerprint density at radius 3 is 2.97 bits per heavy atom. The zero-order chi connectivity index (χ0) is 21.8. The summed E-state index contributed by atoms with van der Waals surface area (Å²) in [6.07, 6.45) is 7.76. The van der Waals surface area contributed by atoms with Crippen LogP contribution in [-0.4, -0.2) is 51.9 Å². The minimum absolute atomic E-state index is 0.0432. The number of imidazole rings is 1. The molecule has 0 saturated carbocycles. The quantitative estimate of drug-likeness (QED) is 0.549. The number of hydrogen-bond donors (Lipinski definition) is 1. The average molecular weight is 463 g/mol. The van der Waals surface area contributed by atoms with Gasteiger partial charge in [0.15, 0.2) is 10.2 Å². The number of aryl methyl sites for hydroxylation is 2. The normalized spacial score (nSPS) is 17.7. The molecule has 31 heavy (non-hydrogen) atoms. The van der Waals surface area contributed by atoms with E-state index in [1.165, 1.54) is 21.7 Å². The molecule has 1 N–H and O–H groups in total. The van der Waals surface area contributed by atoms with Gasteiger partial charge >= 0.3 is 0 Å². The van der Waals surface area contributed by atoms with Gasteiger partial charge in [-0.15, -0.1) is 11.3 Å². The lowest BCUT2D eigenvalue weighted by Gasteiger charge is -2.31. The number of pyridine rings is 1. The summed E-state index contributed by atoms with van der Waals surface area (Å²) >= 11 is 1.62. The molecular weight excluding hydrogens is 436 g/mol. The van der Waals surface area contributed by atoms with Crippen molar-refractivity contribution in [1.82, 2.24) is 23.8 Å². The maximum absolute atomic E-state index is 12.9. The van der Waals surface area contributed by atoms with Crippen LogP contribution in [0.15, 0.2) is 41.9 Å². The highest BCUT2D eigenvalue weighted by Gasteiger charge is 2.33. The Morgan fingerprint density at radius 2 is 2.19 bits per heavy atom. The van der Waals surface area contributed by atoms with Gasteiger partial charge in [-0.25, -0.2) is 23.4 Å². The summed E-state index contributed by atoms with van der Waals surface area (Å²) in [5, 5.41) is 4.08. The highest BCUT2D eigenvalue weighted by atomic mass is 32.2.